The summed E-state index contributed by atoms with van der Waals surface area (Å²) in [5.41, 5.74) is 2.82. The molecule has 0 unspecified atom stereocenters. The maximum Gasteiger partial charge on any atom is 0.323 e. The summed E-state index contributed by atoms with van der Waals surface area (Å²) in [6, 6.07) is 21.6. The van der Waals surface area contributed by atoms with Crippen molar-refractivity contribution in [2.75, 3.05) is 10.6 Å². The van der Waals surface area contributed by atoms with Crippen molar-refractivity contribution in [3.8, 4) is 0 Å². The van der Waals surface area contributed by atoms with Gasteiger partial charge in [0.05, 0.1) is 0 Å². The number of hydrogen-bond acceptors (Lipinski definition) is 1. The molecule has 3 aromatic rings. The van der Waals surface area contributed by atoms with Crippen LogP contribution in [0.1, 0.15) is 25.3 Å². The molecule has 3 aromatic carbocycles. The van der Waals surface area contributed by atoms with E-state index in [1.165, 1.54) is 5.56 Å². The van der Waals surface area contributed by atoms with Crippen molar-refractivity contribution in [3.63, 3.8) is 0 Å². The van der Waals surface area contributed by atoms with Crippen molar-refractivity contribution in [3.05, 3.63) is 72.3 Å². The Morgan fingerprint density at radius 1 is 0.783 bits per heavy atom. The predicted molar refractivity (Wildman–Crippen MR) is 97.1 cm³/mol. The smallest absolute Gasteiger partial charge is 0.308 e. The molecule has 0 radical (unpaired) electrons. The van der Waals surface area contributed by atoms with Gasteiger partial charge in [0, 0.05) is 11.4 Å². The van der Waals surface area contributed by atoms with Crippen molar-refractivity contribution in [2.45, 2.75) is 19.8 Å². The third kappa shape index (κ3) is 3.69. The number of carbonyl (C=O) groups excluding carboxylic acids is 1. The van der Waals surface area contributed by atoms with Crippen LogP contribution in [-0.4, -0.2) is 6.03 Å². The average Bonchev–Trinajstić information content (AvgIpc) is 2.55. The van der Waals surface area contributed by atoms with Gasteiger partial charge in [-0.15, -0.1) is 0 Å². The zero-order valence-corrected chi connectivity index (χ0v) is 13.3. The van der Waals surface area contributed by atoms with E-state index in [0.717, 1.165) is 22.1 Å². The Labute approximate surface area is 136 Å². The Balaban J connectivity index is 1.68. The normalized spacial score (nSPS) is 10.7. The van der Waals surface area contributed by atoms with Crippen LogP contribution < -0.4 is 10.6 Å². The van der Waals surface area contributed by atoms with E-state index in [4.69, 9.17) is 0 Å². The SMILES string of the molecule is CC(C)c1ccc(NC(=O)Nc2ccc3ccccc3c2)cc1. The second kappa shape index (κ2) is 6.53. The van der Waals surface area contributed by atoms with E-state index in [0.29, 0.717) is 5.92 Å². The highest BCUT2D eigenvalue weighted by molar-refractivity contribution is 6.01. The summed E-state index contributed by atoms with van der Waals surface area (Å²) in [7, 11) is 0. The minimum Gasteiger partial charge on any atom is -0.308 e. The van der Waals surface area contributed by atoms with Crippen molar-refractivity contribution < 1.29 is 4.79 Å². The molecule has 23 heavy (non-hydrogen) atoms. The van der Waals surface area contributed by atoms with Crippen molar-refractivity contribution in [1.82, 2.24) is 0 Å². The molecule has 0 aliphatic carbocycles. The number of benzene rings is 3. The van der Waals surface area contributed by atoms with Crippen LogP contribution in [0, 0.1) is 0 Å². The fourth-order valence-corrected chi connectivity index (χ4v) is 2.51. The standard InChI is InChI=1S/C20H20N2O/c1-14(2)15-7-10-18(11-8-15)21-20(23)22-19-12-9-16-5-3-4-6-17(16)13-19/h3-14H,1-2H3,(H2,21,22,23). The Morgan fingerprint density at radius 2 is 1.39 bits per heavy atom. The summed E-state index contributed by atoms with van der Waals surface area (Å²) >= 11 is 0. The molecule has 0 fully saturated rings. The van der Waals surface area contributed by atoms with E-state index in [1.54, 1.807) is 0 Å². The number of amides is 2. The summed E-state index contributed by atoms with van der Waals surface area (Å²) in [5.74, 6) is 0.482. The van der Waals surface area contributed by atoms with E-state index in [9.17, 15) is 4.79 Å². The second-order valence-corrected chi connectivity index (χ2v) is 5.92. The summed E-state index contributed by atoms with van der Waals surface area (Å²) < 4.78 is 0. The van der Waals surface area contributed by atoms with E-state index >= 15 is 0 Å². The molecule has 0 aliphatic rings. The molecule has 0 spiro atoms. The minimum absolute atomic E-state index is 0.238. The maximum absolute atomic E-state index is 12.1. The zero-order chi connectivity index (χ0) is 16.2. The first-order valence-corrected chi connectivity index (χ1v) is 7.78. The lowest BCUT2D eigenvalue weighted by Gasteiger charge is -2.10. The van der Waals surface area contributed by atoms with Crippen molar-refractivity contribution in [1.29, 1.82) is 0 Å². The summed E-state index contributed by atoms with van der Waals surface area (Å²) in [6.07, 6.45) is 0. The lowest BCUT2D eigenvalue weighted by molar-refractivity contribution is 0.262. The predicted octanol–water partition coefficient (Wildman–Crippen LogP) is 5.61. The van der Waals surface area contributed by atoms with Gasteiger partial charge in [-0.25, -0.2) is 4.79 Å². The van der Waals surface area contributed by atoms with Gasteiger partial charge in [0.2, 0.25) is 0 Å². The van der Waals surface area contributed by atoms with E-state index in [1.807, 2.05) is 60.7 Å². The highest BCUT2D eigenvalue weighted by atomic mass is 16.2. The van der Waals surface area contributed by atoms with Crippen LogP contribution in [0.3, 0.4) is 0 Å². The highest BCUT2D eigenvalue weighted by Crippen LogP contribution is 2.20. The quantitative estimate of drug-likeness (QED) is 0.649. The monoisotopic (exact) mass is 304 g/mol. The van der Waals surface area contributed by atoms with Gasteiger partial charge in [0.25, 0.3) is 0 Å². The highest BCUT2D eigenvalue weighted by Gasteiger charge is 2.04. The van der Waals surface area contributed by atoms with Gasteiger partial charge in [-0.3, -0.25) is 0 Å². The molecular weight excluding hydrogens is 284 g/mol. The maximum atomic E-state index is 12.1. The largest absolute Gasteiger partial charge is 0.323 e. The van der Waals surface area contributed by atoms with Gasteiger partial charge in [-0.1, -0.05) is 56.3 Å². The molecule has 3 rings (SSSR count). The van der Waals surface area contributed by atoms with E-state index in [2.05, 4.69) is 30.5 Å². The number of nitrogens with one attached hydrogen (secondary N) is 2. The molecule has 0 aromatic heterocycles. The molecule has 2 amide bonds. The Hall–Kier alpha value is -2.81. The lowest BCUT2D eigenvalue weighted by atomic mass is 10.0. The molecule has 0 atom stereocenters. The molecule has 0 heterocycles. The first kappa shape index (κ1) is 15.1. The van der Waals surface area contributed by atoms with Gasteiger partial charge in [-0.05, 0) is 46.5 Å². The number of rotatable bonds is 3. The Kier molecular flexibility index (Phi) is 4.29. The fourth-order valence-electron chi connectivity index (χ4n) is 2.51. The van der Waals surface area contributed by atoms with Gasteiger partial charge in [0.1, 0.15) is 0 Å². The van der Waals surface area contributed by atoms with Gasteiger partial charge < -0.3 is 10.6 Å². The molecule has 0 bridgehead atoms. The van der Waals surface area contributed by atoms with Gasteiger partial charge >= 0.3 is 6.03 Å². The van der Waals surface area contributed by atoms with Gasteiger partial charge in [-0.2, -0.15) is 0 Å². The van der Waals surface area contributed by atoms with Gasteiger partial charge in [0.15, 0.2) is 0 Å². The molecule has 116 valence electrons. The first-order chi connectivity index (χ1) is 11.1. The molecular formula is C20H20N2O. The first-order valence-electron chi connectivity index (χ1n) is 7.78. The Morgan fingerprint density at radius 3 is 2.09 bits per heavy atom. The van der Waals surface area contributed by atoms with Crippen LogP contribution >= 0.6 is 0 Å². The number of carbonyl (C=O) groups is 1. The molecule has 0 saturated carbocycles. The molecule has 3 nitrogen and oxygen atoms in total. The third-order valence-corrected chi connectivity index (χ3v) is 3.84. The topological polar surface area (TPSA) is 41.1 Å². The van der Waals surface area contributed by atoms with E-state index < -0.39 is 0 Å². The minimum atomic E-state index is -0.238. The number of hydrogen-bond donors (Lipinski definition) is 2. The summed E-state index contributed by atoms with van der Waals surface area (Å²) in [5, 5.41) is 7.98. The van der Waals surface area contributed by atoms with Crippen molar-refractivity contribution in [2.24, 2.45) is 0 Å². The van der Waals surface area contributed by atoms with Crippen molar-refractivity contribution >= 4 is 28.2 Å². The van der Waals surface area contributed by atoms with Crippen LogP contribution in [0.25, 0.3) is 10.8 Å². The van der Waals surface area contributed by atoms with Crippen LogP contribution in [0.4, 0.5) is 16.2 Å². The number of anilines is 2. The van der Waals surface area contributed by atoms with Crippen LogP contribution in [0.5, 0.6) is 0 Å². The molecule has 0 saturated heterocycles. The van der Waals surface area contributed by atoms with E-state index in [-0.39, 0.29) is 6.03 Å². The second-order valence-electron chi connectivity index (χ2n) is 5.92. The van der Waals surface area contributed by atoms with Crippen LogP contribution in [-0.2, 0) is 0 Å². The molecule has 0 aliphatic heterocycles. The number of urea groups is 1. The lowest BCUT2D eigenvalue weighted by Crippen LogP contribution is -2.19. The number of fused-ring (bicyclic) bond motifs is 1. The third-order valence-electron chi connectivity index (χ3n) is 3.84. The zero-order valence-electron chi connectivity index (χ0n) is 13.3. The molecule has 2 N–H and O–H groups in total. The molecule has 3 heteroatoms. The van der Waals surface area contributed by atoms with Crippen LogP contribution in [0.15, 0.2) is 66.7 Å². The average molecular weight is 304 g/mol. The van der Waals surface area contributed by atoms with Crippen LogP contribution in [0.2, 0.25) is 0 Å². The fraction of sp³-hybridized carbons (Fsp3) is 0.150. The summed E-state index contributed by atoms with van der Waals surface area (Å²) in [6.45, 7) is 4.30. The summed E-state index contributed by atoms with van der Waals surface area (Å²) in [4.78, 5) is 12.1. The Bertz CT molecular complexity index is 822.